The zero-order chi connectivity index (χ0) is 11.1. The van der Waals surface area contributed by atoms with Gasteiger partial charge >= 0.3 is 0 Å². The highest BCUT2D eigenvalue weighted by Crippen LogP contribution is 2.58. The number of fused-ring (bicyclic) bond motifs is 1. The molecule has 0 aromatic rings. The largest absolute Gasteiger partial charge is 0.339 e. The molecule has 2 atom stereocenters. The molecular formula is C13H22N2O. The maximum atomic E-state index is 12.4. The molecule has 3 heteroatoms. The number of nitrogens with zero attached hydrogens (tertiary/aromatic N) is 1. The Morgan fingerprint density at radius 3 is 2.44 bits per heavy atom. The third kappa shape index (κ3) is 1.75. The molecule has 2 unspecified atom stereocenters. The standard InChI is InChI=1S/C13H22N2O/c14-7-2-8-15(9-5-6-9)13(16)12-10-3-1-4-11(10)12/h9-12H,1-8,14H2. The summed E-state index contributed by atoms with van der Waals surface area (Å²) in [6.07, 6.45) is 7.36. The molecule has 2 N–H and O–H groups in total. The third-order valence-electron chi connectivity index (χ3n) is 4.57. The van der Waals surface area contributed by atoms with E-state index in [4.69, 9.17) is 5.73 Å². The number of hydrogen-bond acceptors (Lipinski definition) is 2. The van der Waals surface area contributed by atoms with E-state index in [-0.39, 0.29) is 0 Å². The minimum absolute atomic E-state index is 0.409. The van der Waals surface area contributed by atoms with Crippen LogP contribution in [0, 0.1) is 17.8 Å². The van der Waals surface area contributed by atoms with Gasteiger partial charge in [-0.15, -0.1) is 0 Å². The van der Waals surface area contributed by atoms with Crippen molar-refractivity contribution in [3.63, 3.8) is 0 Å². The average molecular weight is 222 g/mol. The molecule has 3 saturated carbocycles. The first kappa shape index (κ1) is 10.6. The van der Waals surface area contributed by atoms with Gasteiger partial charge in [-0.25, -0.2) is 0 Å². The number of carbonyl (C=O) groups excluding carboxylic acids is 1. The van der Waals surface area contributed by atoms with Gasteiger partial charge in [0.1, 0.15) is 0 Å². The van der Waals surface area contributed by atoms with Gasteiger partial charge in [0.15, 0.2) is 0 Å². The van der Waals surface area contributed by atoms with E-state index in [0.29, 0.717) is 24.4 Å². The summed E-state index contributed by atoms with van der Waals surface area (Å²) in [4.78, 5) is 14.5. The summed E-state index contributed by atoms with van der Waals surface area (Å²) >= 11 is 0. The number of carbonyl (C=O) groups is 1. The minimum atomic E-state index is 0.409. The van der Waals surface area contributed by atoms with Crippen LogP contribution in [0.1, 0.15) is 38.5 Å². The van der Waals surface area contributed by atoms with Gasteiger partial charge in [-0.2, -0.15) is 0 Å². The molecule has 90 valence electrons. The Balaban J connectivity index is 1.58. The normalized spacial score (nSPS) is 35.9. The SMILES string of the molecule is NCCCN(C(=O)C1C2CCCC21)C1CC1. The summed E-state index contributed by atoms with van der Waals surface area (Å²) in [5.41, 5.74) is 5.54. The van der Waals surface area contributed by atoms with E-state index < -0.39 is 0 Å². The van der Waals surface area contributed by atoms with Gasteiger partial charge in [-0.05, 0) is 50.5 Å². The second-order valence-corrected chi connectivity index (χ2v) is 5.69. The van der Waals surface area contributed by atoms with E-state index in [0.717, 1.165) is 24.8 Å². The molecule has 3 nitrogen and oxygen atoms in total. The lowest BCUT2D eigenvalue weighted by Crippen LogP contribution is -2.36. The smallest absolute Gasteiger partial charge is 0.226 e. The van der Waals surface area contributed by atoms with Crippen molar-refractivity contribution in [3.8, 4) is 0 Å². The van der Waals surface area contributed by atoms with Crippen LogP contribution in [0.5, 0.6) is 0 Å². The lowest BCUT2D eigenvalue weighted by atomic mass is 10.1. The molecule has 0 aliphatic heterocycles. The topological polar surface area (TPSA) is 46.3 Å². The Labute approximate surface area is 97.4 Å². The fourth-order valence-electron chi connectivity index (χ4n) is 3.50. The summed E-state index contributed by atoms with van der Waals surface area (Å²) in [6.45, 7) is 1.60. The molecule has 0 spiro atoms. The summed E-state index contributed by atoms with van der Waals surface area (Å²) in [5.74, 6) is 2.39. The molecule has 16 heavy (non-hydrogen) atoms. The van der Waals surface area contributed by atoms with Crippen molar-refractivity contribution < 1.29 is 4.79 Å². The summed E-state index contributed by atoms with van der Waals surface area (Å²) in [6, 6.07) is 0.570. The maximum Gasteiger partial charge on any atom is 0.226 e. The summed E-state index contributed by atoms with van der Waals surface area (Å²) in [5, 5.41) is 0. The lowest BCUT2D eigenvalue weighted by molar-refractivity contribution is -0.134. The highest BCUT2D eigenvalue weighted by atomic mass is 16.2. The molecule has 0 saturated heterocycles. The van der Waals surface area contributed by atoms with E-state index in [1.54, 1.807) is 0 Å². The molecule has 0 radical (unpaired) electrons. The van der Waals surface area contributed by atoms with E-state index in [2.05, 4.69) is 4.90 Å². The molecule has 3 fully saturated rings. The highest BCUT2D eigenvalue weighted by Gasteiger charge is 2.58. The fourth-order valence-corrected chi connectivity index (χ4v) is 3.50. The Kier molecular flexibility index (Phi) is 2.66. The molecule has 3 aliphatic carbocycles. The van der Waals surface area contributed by atoms with E-state index in [1.807, 2.05) is 0 Å². The molecule has 0 aromatic carbocycles. The highest BCUT2D eigenvalue weighted by molar-refractivity contribution is 5.83. The second kappa shape index (κ2) is 4.02. The number of hydrogen-bond donors (Lipinski definition) is 1. The first-order valence-corrected chi connectivity index (χ1v) is 6.83. The molecule has 0 heterocycles. The van der Waals surface area contributed by atoms with Gasteiger partial charge in [-0.3, -0.25) is 4.79 Å². The van der Waals surface area contributed by atoms with Crippen molar-refractivity contribution in [2.45, 2.75) is 44.6 Å². The van der Waals surface area contributed by atoms with Gasteiger partial charge in [-0.1, -0.05) is 6.42 Å². The Morgan fingerprint density at radius 2 is 1.88 bits per heavy atom. The van der Waals surface area contributed by atoms with Crippen molar-refractivity contribution in [3.05, 3.63) is 0 Å². The van der Waals surface area contributed by atoms with E-state index in [1.165, 1.54) is 32.1 Å². The molecule has 0 aromatic heterocycles. The first-order valence-electron chi connectivity index (χ1n) is 6.83. The number of amides is 1. The van der Waals surface area contributed by atoms with E-state index >= 15 is 0 Å². The molecule has 3 rings (SSSR count). The van der Waals surface area contributed by atoms with Gasteiger partial charge < -0.3 is 10.6 Å². The fraction of sp³-hybridized carbons (Fsp3) is 0.923. The predicted octanol–water partition coefficient (Wildman–Crippen LogP) is 1.37. The quantitative estimate of drug-likeness (QED) is 0.763. The Bertz CT molecular complexity index is 278. The summed E-state index contributed by atoms with van der Waals surface area (Å²) in [7, 11) is 0. The molecule has 3 aliphatic rings. The van der Waals surface area contributed by atoms with Crippen molar-refractivity contribution >= 4 is 5.91 Å². The van der Waals surface area contributed by atoms with Crippen LogP contribution < -0.4 is 5.73 Å². The minimum Gasteiger partial charge on any atom is -0.339 e. The van der Waals surface area contributed by atoms with Gasteiger partial charge in [0.25, 0.3) is 0 Å². The zero-order valence-corrected chi connectivity index (χ0v) is 9.90. The lowest BCUT2D eigenvalue weighted by Gasteiger charge is -2.23. The van der Waals surface area contributed by atoms with Crippen molar-refractivity contribution in [2.75, 3.05) is 13.1 Å². The summed E-state index contributed by atoms with van der Waals surface area (Å²) < 4.78 is 0. The van der Waals surface area contributed by atoms with Gasteiger partial charge in [0, 0.05) is 18.5 Å². The van der Waals surface area contributed by atoms with Crippen LogP contribution in [0.25, 0.3) is 0 Å². The van der Waals surface area contributed by atoms with E-state index in [9.17, 15) is 4.79 Å². The van der Waals surface area contributed by atoms with Crippen LogP contribution in [-0.2, 0) is 4.79 Å². The maximum absolute atomic E-state index is 12.4. The van der Waals surface area contributed by atoms with Gasteiger partial charge in [0.2, 0.25) is 5.91 Å². The Hall–Kier alpha value is -0.570. The van der Waals surface area contributed by atoms with Crippen molar-refractivity contribution in [1.82, 2.24) is 4.90 Å². The third-order valence-corrected chi connectivity index (χ3v) is 4.57. The second-order valence-electron chi connectivity index (χ2n) is 5.69. The van der Waals surface area contributed by atoms with Crippen LogP contribution in [-0.4, -0.2) is 29.9 Å². The zero-order valence-electron chi connectivity index (χ0n) is 9.90. The van der Waals surface area contributed by atoms with Gasteiger partial charge in [0.05, 0.1) is 0 Å². The first-order chi connectivity index (χ1) is 7.83. The Morgan fingerprint density at radius 1 is 1.19 bits per heavy atom. The molecular weight excluding hydrogens is 200 g/mol. The van der Waals surface area contributed by atoms with Crippen molar-refractivity contribution in [1.29, 1.82) is 0 Å². The van der Waals surface area contributed by atoms with Crippen LogP contribution in [0.15, 0.2) is 0 Å². The predicted molar refractivity (Wildman–Crippen MR) is 62.7 cm³/mol. The molecule has 1 amide bonds. The number of nitrogens with two attached hydrogens (primary N) is 1. The van der Waals surface area contributed by atoms with Crippen LogP contribution >= 0.6 is 0 Å². The van der Waals surface area contributed by atoms with Crippen LogP contribution in [0.3, 0.4) is 0 Å². The van der Waals surface area contributed by atoms with Crippen LogP contribution in [0.4, 0.5) is 0 Å². The monoisotopic (exact) mass is 222 g/mol. The van der Waals surface area contributed by atoms with Crippen LogP contribution in [0.2, 0.25) is 0 Å². The average Bonchev–Trinajstić information content (AvgIpc) is 3.19. The van der Waals surface area contributed by atoms with Crippen molar-refractivity contribution in [2.24, 2.45) is 23.5 Å². The number of rotatable bonds is 5. The molecule has 0 bridgehead atoms.